The Bertz CT molecular complexity index is 327. The van der Waals surface area contributed by atoms with Crippen molar-refractivity contribution in [2.24, 2.45) is 5.73 Å². The summed E-state index contributed by atoms with van der Waals surface area (Å²) < 4.78 is 30.3. The smallest absolute Gasteiger partial charge is 0.421 e. The molecule has 4 N–H and O–H groups in total. The van der Waals surface area contributed by atoms with Crippen molar-refractivity contribution in [3.05, 3.63) is 0 Å². The van der Waals surface area contributed by atoms with Crippen molar-refractivity contribution >= 4 is 33.5 Å². The van der Waals surface area contributed by atoms with E-state index in [4.69, 9.17) is 5.73 Å². The van der Waals surface area contributed by atoms with Gasteiger partial charge in [-0.3, -0.25) is 0 Å². The molecule has 9 heteroatoms. The molecule has 0 bridgehead atoms. The Hall–Kier alpha value is -0.930. The van der Waals surface area contributed by atoms with Crippen LogP contribution in [0, 0.1) is 0 Å². The SMILES string of the molecule is CCOC(=O)NS(=O)(=O)NCCC(N)=S. The third kappa shape index (κ3) is 8.09. The summed E-state index contributed by atoms with van der Waals surface area (Å²) in [6.07, 6.45) is -0.806. The number of nitrogens with one attached hydrogen (secondary N) is 2. The first-order valence-corrected chi connectivity index (χ1v) is 5.99. The van der Waals surface area contributed by atoms with E-state index in [0.29, 0.717) is 0 Å². The molecule has 1 amide bonds. The van der Waals surface area contributed by atoms with Crippen LogP contribution >= 0.6 is 12.2 Å². The van der Waals surface area contributed by atoms with Gasteiger partial charge in [0.15, 0.2) is 0 Å². The number of hydrogen-bond donors (Lipinski definition) is 3. The second-order valence-electron chi connectivity index (χ2n) is 2.44. The number of hydrogen-bond acceptors (Lipinski definition) is 5. The monoisotopic (exact) mass is 255 g/mol. The molecule has 0 aliphatic carbocycles. The molecule has 0 rings (SSSR count). The van der Waals surface area contributed by atoms with Gasteiger partial charge in [0.25, 0.3) is 0 Å². The average molecular weight is 255 g/mol. The Morgan fingerprint density at radius 2 is 2.13 bits per heavy atom. The number of carbonyl (C=O) groups is 1. The summed E-state index contributed by atoms with van der Waals surface area (Å²) in [6.45, 7) is 1.69. The van der Waals surface area contributed by atoms with Crippen LogP contribution < -0.4 is 15.2 Å². The highest BCUT2D eigenvalue weighted by Crippen LogP contribution is 1.84. The van der Waals surface area contributed by atoms with E-state index >= 15 is 0 Å². The van der Waals surface area contributed by atoms with E-state index in [-0.39, 0.29) is 24.6 Å². The standard InChI is InChI=1S/C6H13N3O4S2/c1-2-13-6(10)9-15(11,12)8-4-3-5(7)14/h8H,2-4H2,1H3,(H2,7,14)(H,9,10). The molecule has 0 fully saturated rings. The van der Waals surface area contributed by atoms with E-state index in [1.807, 2.05) is 0 Å². The number of thiocarbonyl (C=S) groups is 1. The van der Waals surface area contributed by atoms with Gasteiger partial charge in [-0.25, -0.2) is 9.52 Å². The van der Waals surface area contributed by atoms with E-state index < -0.39 is 16.3 Å². The summed E-state index contributed by atoms with van der Waals surface area (Å²) in [5.74, 6) is 0. The molecule has 7 nitrogen and oxygen atoms in total. The van der Waals surface area contributed by atoms with Crippen molar-refractivity contribution in [3.8, 4) is 0 Å². The molecular formula is C6H13N3O4S2. The van der Waals surface area contributed by atoms with Gasteiger partial charge in [-0.05, 0) is 6.92 Å². The summed E-state index contributed by atoms with van der Waals surface area (Å²) in [4.78, 5) is 10.9. The first-order chi connectivity index (χ1) is 6.87. The third-order valence-corrected chi connectivity index (χ3v) is 2.38. The molecule has 0 unspecified atom stereocenters. The minimum absolute atomic E-state index is 0.0318. The molecular weight excluding hydrogens is 242 g/mol. The number of carbonyl (C=O) groups excluding carboxylic acids is 1. The maximum Gasteiger partial charge on any atom is 0.421 e. The van der Waals surface area contributed by atoms with Crippen LogP contribution in [-0.4, -0.2) is 32.7 Å². The summed E-state index contributed by atoms with van der Waals surface area (Å²) in [6, 6.07) is 0. The zero-order valence-corrected chi connectivity index (χ0v) is 9.78. The van der Waals surface area contributed by atoms with Gasteiger partial charge in [0.05, 0.1) is 11.6 Å². The van der Waals surface area contributed by atoms with Crippen molar-refractivity contribution < 1.29 is 17.9 Å². The van der Waals surface area contributed by atoms with Crippen LogP contribution in [0.2, 0.25) is 0 Å². The number of rotatable bonds is 6. The van der Waals surface area contributed by atoms with Gasteiger partial charge in [-0.2, -0.15) is 13.1 Å². The van der Waals surface area contributed by atoms with Crippen molar-refractivity contribution in [2.45, 2.75) is 13.3 Å². The third-order valence-electron chi connectivity index (χ3n) is 1.16. The zero-order valence-electron chi connectivity index (χ0n) is 8.15. The maximum atomic E-state index is 11.1. The van der Waals surface area contributed by atoms with Gasteiger partial charge >= 0.3 is 16.3 Å². The fourth-order valence-electron chi connectivity index (χ4n) is 0.615. The van der Waals surface area contributed by atoms with Gasteiger partial charge in [0.1, 0.15) is 0 Å². The van der Waals surface area contributed by atoms with E-state index in [1.165, 1.54) is 0 Å². The summed E-state index contributed by atoms with van der Waals surface area (Å²) in [7, 11) is -3.89. The lowest BCUT2D eigenvalue weighted by atomic mass is 10.4. The molecule has 0 atom stereocenters. The summed E-state index contributed by atoms with van der Waals surface area (Å²) >= 11 is 4.54. The molecule has 0 aromatic carbocycles. The van der Waals surface area contributed by atoms with Gasteiger partial charge in [0.2, 0.25) is 0 Å². The van der Waals surface area contributed by atoms with Crippen LogP contribution in [0.3, 0.4) is 0 Å². The first kappa shape index (κ1) is 14.1. The predicted molar refractivity (Wildman–Crippen MR) is 58.5 cm³/mol. The van der Waals surface area contributed by atoms with Crippen LogP contribution in [-0.2, 0) is 14.9 Å². The number of nitrogens with two attached hydrogens (primary N) is 1. The highest BCUT2D eigenvalue weighted by molar-refractivity contribution is 7.88. The minimum Gasteiger partial charge on any atom is -0.449 e. The molecule has 0 spiro atoms. The molecule has 0 radical (unpaired) electrons. The van der Waals surface area contributed by atoms with Crippen molar-refractivity contribution in [1.82, 2.24) is 9.44 Å². The normalized spacial score (nSPS) is 10.7. The van der Waals surface area contributed by atoms with Crippen LogP contribution in [0.5, 0.6) is 0 Å². The highest BCUT2D eigenvalue weighted by Gasteiger charge is 2.13. The Labute approximate surface area is 93.5 Å². The van der Waals surface area contributed by atoms with Gasteiger partial charge in [-0.15, -0.1) is 0 Å². The van der Waals surface area contributed by atoms with Crippen LogP contribution in [0.4, 0.5) is 4.79 Å². The molecule has 88 valence electrons. The van der Waals surface area contributed by atoms with Crippen LogP contribution in [0.15, 0.2) is 0 Å². The summed E-state index contributed by atoms with van der Waals surface area (Å²) in [5, 5.41) is 0. The van der Waals surface area contributed by atoms with Gasteiger partial charge in [-0.1, -0.05) is 12.2 Å². The molecule has 0 heterocycles. The van der Waals surface area contributed by atoms with E-state index in [9.17, 15) is 13.2 Å². The lowest BCUT2D eigenvalue weighted by molar-refractivity contribution is 0.158. The topological polar surface area (TPSA) is 111 Å². The molecule has 0 aliphatic rings. The molecule has 15 heavy (non-hydrogen) atoms. The second kappa shape index (κ2) is 6.53. The highest BCUT2D eigenvalue weighted by atomic mass is 32.2. The molecule has 0 aromatic heterocycles. The van der Waals surface area contributed by atoms with Crippen molar-refractivity contribution in [2.75, 3.05) is 13.2 Å². The van der Waals surface area contributed by atoms with Gasteiger partial charge < -0.3 is 10.5 Å². The van der Waals surface area contributed by atoms with Crippen LogP contribution in [0.1, 0.15) is 13.3 Å². The van der Waals surface area contributed by atoms with Crippen molar-refractivity contribution in [1.29, 1.82) is 0 Å². The molecule has 0 aliphatic heterocycles. The Balaban J connectivity index is 3.97. The van der Waals surface area contributed by atoms with E-state index in [2.05, 4.69) is 21.7 Å². The fourth-order valence-corrected chi connectivity index (χ4v) is 1.44. The minimum atomic E-state index is -3.89. The lowest BCUT2D eigenvalue weighted by Crippen LogP contribution is -2.41. The van der Waals surface area contributed by atoms with E-state index in [0.717, 1.165) is 0 Å². The fraction of sp³-hybridized carbons (Fsp3) is 0.667. The average Bonchev–Trinajstić information content (AvgIpc) is 2.01. The Morgan fingerprint density at radius 3 is 2.60 bits per heavy atom. The second-order valence-corrected chi connectivity index (χ2v) is 4.46. The molecule has 0 aromatic rings. The Kier molecular flexibility index (Phi) is 6.13. The maximum absolute atomic E-state index is 11.1. The lowest BCUT2D eigenvalue weighted by Gasteiger charge is -2.07. The van der Waals surface area contributed by atoms with Crippen molar-refractivity contribution in [3.63, 3.8) is 0 Å². The quantitative estimate of drug-likeness (QED) is 0.538. The number of ether oxygens (including phenoxy) is 1. The molecule has 0 saturated heterocycles. The largest absolute Gasteiger partial charge is 0.449 e. The zero-order chi connectivity index (χ0) is 11.9. The number of amides is 1. The Morgan fingerprint density at radius 1 is 1.53 bits per heavy atom. The first-order valence-electron chi connectivity index (χ1n) is 4.10. The predicted octanol–water partition coefficient (Wildman–Crippen LogP) is -0.757. The van der Waals surface area contributed by atoms with E-state index in [1.54, 1.807) is 11.6 Å². The summed E-state index contributed by atoms with van der Waals surface area (Å²) in [5.41, 5.74) is 5.16. The molecule has 0 saturated carbocycles. The van der Waals surface area contributed by atoms with Crippen LogP contribution in [0.25, 0.3) is 0 Å². The van der Waals surface area contributed by atoms with Gasteiger partial charge in [0, 0.05) is 13.0 Å².